The number of anilines is 1. The smallest absolute Gasteiger partial charge is 0.301 e. The largest absolute Gasteiger partial charge is 0.471 e. The van der Waals surface area contributed by atoms with Crippen molar-refractivity contribution in [2.75, 3.05) is 11.4 Å². The van der Waals surface area contributed by atoms with Crippen LogP contribution in [0.4, 0.5) is 18.9 Å². The summed E-state index contributed by atoms with van der Waals surface area (Å²) in [5, 5.41) is 0. The van der Waals surface area contributed by atoms with E-state index in [0.717, 1.165) is 11.6 Å². The predicted molar refractivity (Wildman–Crippen MR) is 122 cm³/mol. The maximum absolute atomic E-state index is 12.9. The summed E-state index contributed by atoms with van der Waals surface area (Å²) in [6, 6.07) is 13.3. The molecule has 2 aromatic carbocycles. The maximum atomic E-state index is 12.9. The number of fused-ring (bicyclic) bond motifs is 1. The lowest BCUT2D eigenvalue weighted by Gasteiger charge is -2.23. The molecule has 0 radical (unpaired) electrons. The van der Waals surface area contributed by atoms with E-state index in [0.29, 0.717) is 16.2 Å². The summed E-state index contributed by atoms with van der Waals surface area (Å²) >= 11 is 0. The fourth-order valence-electron chi connectivity index (χ4n) is 3.97. The summed E-state index contributed by atoms with van der Waals surface area (Å²) in [5.74, 6) is -1.99. The van der Waals surface area contributed by atoms with Crippen molar-refractivity contribution in [3.05, 3.63) is 76.8 Å². The van der Waals surface area contributed by atoms with Crippen LogP contribution < -0.4 is 15.2 Å². The van der Waals surface area contributed by atoms with Crippen LogP contribution in [0.5, 0.6) is 0 Å². The van der Waals surface area contributed by atoms with E-state index in [1.165, 1.54) is 36.0 Å². The molecule has 0 aliphatic carbocycles. The fourth-order valence-corrected chi connectivity index (χ4v) is 5.04. The zero-order chi connectivity index (χ0) is 25.4. The fraction of sp³-hybridized carbons (Fsp3) is 0.261. The first-order valence-electron chi connectivity index (χ1n) is 10.6. The van der Waals surface area contributed by atoms with Crippen LogP contribution in [-0.2, 0) is 27.8 Å². The highest BCUT2D eigenvalue weighted by Crippen LogP contribution is 2.36. The highest BCUT2D eigenvalue weighted by atomic mass is 32.2. The monoisotopic (exact) mass is 506 g/mol. The zero-order valence-electron chi connectivity index (χ0n) is 18.5. The Morgan fingerprint density at radius 2 is 1.86 bits per heavy atom. The molecule has 1 N–H and O–H groups in total. The molecule has 0 fully saturated rings. The van der Waals surface area contributed by atoms with Crippen LogP contribution in [0.3, 0.4) is 0 Å². The molecule has 1 aliphatic heterocycles. The van der Waals surface area contributed by atoms with Gasteiger partial charge < -0.3 is 4.90 Å². The quantitative estimate of drug-likeness (QED) is 0.554. The van der Waals surface area contributed by atoms with Crippen LogP contribution in [0.15, 0.2) is 70.6 Å². The number of benzene rings is 2. The van der Waals surface area contributed by atoms with Gasteiger partial charge in [0.1, 0.15) is 0 Å². The molecule has 1 amide bonds. The molecule has 12 heteroatoms. The molecule has 1 aromatic heterocycles. The Hall–Kier alpha value is -3.51. The highest BCUT2D eigenvalue weighted by molar-refractivity contribution is 7.89. The van der Waals surface area contributed by atoms with Crippen molar-refractivity contribution in [3.63, 3.8) is 0 Å². The summed E-state index contributed by atoms with van der Waals surface area (Å²) in [5.41, 5.74) is 1.29. The van der Waals surface area contributed by atoms with Crippen molar-refractivity contribution in [2.24, 2.45) is 0 Å². The average Bonchev–Trinajstić information content (AvgIpc) is 3.14. The Morgan fingerprint density at radius 1 is 1.14 bits per heavy atom. The lowest BCUT2D eigenvalue weighted by molar-refractivity contribution is -0.170. The molecule has 1 aliphatic rings. The van der Waals surface area contributed by atoms with Gasteiger partial charge in [-0.05, 0) is 37.1 Å². The number of carbonyl (C=O) groups excluding carboxylic acids is 1. The summed E-state index contributed by atoms with van der Waals surface area (Å²) in [4.78, 5) is 28.9. The highest BCUT2D eigenvalue weighted by Gasteiger charge is 2.47. The number of nitrogens with zero attached hydrogens (tertiary/aromatic N) is 3. The Bertz CT molecular complexity index is 1420. The number of nitrogens with one attached hydrogen (secondary N) is 1. The number of hydrogen-bond acceptors (Lipinski definition) is 5. The summed E-state index contributed by atoms with van der Waals surface area (Å²) in [6.07, 6.45) is -3.61. The van der Waals surface area contributed by atoms with Crippen molar-refractivity contribution in [1.29, 1.82) is 0 Å². The lowest BCUT2D eigenvalue weighted by Crippen LogP contribution is -2.44. The van der Waals surface area contributed by atoms with Crippen LogP contribution in [0, 0.1) is 0 Å². The standard InChI is InChI=1S/C23H21F3N4O4S/c1-15-11-17-12-18(7-8-20(17)30(15)22(32)23(24,25)26)35(33,34)28-9-10-29-14-27-19(13-21(29)31)16-5-3-2-4-6-16/h2-8,12-15,28H,9-11H2,1H3. The van der Waals surface area contributed by atoms with E-state index in [1.807, 2.05) is 30.3 Å². The third kappa shape index (κ3) is 5.13. The molecule has 0 saturated heterocycles. The second-order valence-corrected chi connectivity index (χ2v) is 9.85. The van der Waals surface area contributed by atoms with Gasteiger partial charge in [0, 0.05) is 36.4 Å². The minimum atomic E-state index is -5.03. The van der Waals surface area contributed by atoms with Gasteiger partial charge in [-0.3, -0.25) is 14.2 Å². The number of sulfonamides is 1. The number of alkyl halides is 3. The predicted octanol–water partition coefficient (Wildman–Crippen LogP) is 2.73. The molecule has 1 atom stereocenters. The molecular formula is C23H21F3N4O4S. The number of aromatic nitrogens is 2. The van der Waals surface area contributed by atoms with Crippen molar-refractivity contribution in [3.8, 4) is 11.3 Å². The number of hydrogen-bond donors (Lipinski definition) is 1. The zero-order valence-corrected chi connectivity index (χ0v) is 19.3. The molecule has 3 aromatic rings. The second kappa shape index (κ2) is 9.27. The van der Waals surface area contributed by atoms with Gasteiger partial charge >= 0.3 is 12.1 Å². The normalized spacial score (nSPS) is 15.8. The molecule has 0 bridgehead atoms. The average molecular weight is 507 g/mol. The van der Waals surface area contributed by atoms with Crippen molar-refractivity contribution in [2.45, 2.75) is 37.0 Å². The first-order valence-corrected chi connectivity index (χ1v) is 12.1. The van der Waals surface area contributed by atoms with Gasteiger partial charge in [0.2, 0.25) is 10.0 Å². The van der Waals surface area contributed by atoms with Gasteiger partial charge in [-0.2, -0.15) is 13.2 Å². The molecule has 184 valence electrons. The minimum Gasteiger partial charge on any atom is -0.301 e. The molecule has 0 spiro atoms. The number of halogens is 3. The topological polar surface area (TPSA) is 101 Å². The Balaban J connectivity index is 1.45. The number of amides is 1. The van der Waals surface area contributed by atoms with Gasteiger partial charge in [-0.15, -0.1) is 0 Å². The van der Waals surface area contributed by atoms with Gasteiger partial charge in [0.05, 0.1) is 16.9 Å². The third-order valence-corrected chi connectivity index (χ3v) is 7.09. The van der Waals surface area contributed by atoms with Crippen LogP contribution in [0.1, 0.15) is 12.5 Å². The Kier molecular flexibility index (Phi) is 6.52. The number of carbonyl (C=O) groups is 1. The van der Waals surface area contributed by atoms with Crippen LogP contribution >= 0.6 is 0 Å². The molecule has 8 nitrogen and oxygen atoms in total. The van der Waals surface area contributed by atoms with Gasteiger partial charge in [0.25, 0.3) is 5.56 Å². The van der Waals surface area contributed by atoms with Gasteiger partial charge in [0.15, 0.2) is 0 Å². The van der Waals surface area contributed by atoms with Crippen molar-refractivity contribution >= 4 is 21.6 Å². The van der Waals surface area contributed by atoms with Crippen LogP contribution in [-0.4, -0.2) is 42.6 Å². The lowest BCUT2D eigenvalue weighted by atomic mass is 10.1. The van der Waals surface area contributed by atoms with Crippen molar-refractivity contribution in [1.82, 2.24) is 14.3 Å². The molecule has 35 heavy (non-hydrogen) atoms. The van der Waals surface area contributed by atoms with E-state index in [9.17, 15) is 31.2 Å². The molecule has 4 rings (SSSR count). The minimum absolute atomic E-state index is 0.0238. The molecular weight excluding hydrogens is 485 g/mol. The summed E-state index contributed by atoms with van der Waals surface area (Å²) < 4.78 is 67.9. The van der Waals surface area contributed by atoms with E-state index in [4.69, 9.17) is 0 Å². The molecule has 2 heterocycles. The SMILES string of the molecule is CC1Cc2cc(S(=O)(=O)NCCn3cnc(-c4ccccc4)cc3=O)ccc2N1C(=O)C(F)(F)F. The van der Waals surface area contributed by atoms with E-state index in [-0.39, 0.29) is 35.7 Å². The maximum Gasteiger partial charge on any atom is 0.471 e. The first-order chi connectivity index (χ1) is 16.5. The van der Waals surface area contributed by atoms with Crippen LogP contribution in [0.2, 0.25) is 0 Å². The van der Waals surface area contributed by atoms with E-state index in [2.05, 4.69) is 9.71 Å². The van der Waals surface area contributed by atoms with Crippen molar-refractivity contribution < 1.29 is 26.4 Å². The van der Waals surface area contributed by atoms with Gasteiger partial charge in [-0.25, -0.2) is 18.1 Å². The summed E-state index contributed by atoms with van der Waals surface area (Å²) in [6.45, 7) is 1.38. The van der Waals surface area contributed by atoms with E-state index < -0.39 is 28.1 Å². The summed E-state index contributed by atoms with van der Waals surface area (Å²) in [7, 11) is -4.01. The Labute approximate surface area is 199 Å². The molecule has 1 unspecified atom stereocenters. The molecule has 0 saturated carbocycles. The van der Waals surface area contributed by atoms with Gasteiger partial charge in [-0.1, -0.05) is 30.3 Å². The third-order valence-electron chi connectivity index (χ3n) is 5.63. The van der Waals surface area contributed by atoms with E-state index in [1.54, 1.807) is 0 Å². The Morgan fingerprint density at radius 3 is 2.51 bits per heavy atom. The van der Waals surface area contributed by atoms with Crippen LogP contribution in [0.25, 0.3) is 11.3 Å². The van der Waals surface area contributed by atoms with E-state index >= 15 is 0 Å². The second-order valence-electron chi connectivity index (χ2n) is 8.09. The number of rotatable bonds is 6. The first kappa shape index (κ1) is 24.6.